The maximum absolute atomic E-state index is 3.83. The predicted octanol–water partition coefficient (Wildman–Crippen LogP) is 3.21. The Hall–Kier alpha value is -1.15. The number of anilines is 1. The summed E-state index contributed by atoms with van der Waals surface area (Å²) in [5.74, 6) is 0. The van der Waals surface area contributed by atoms with Crippen molar-refractivity contribution in [2.24, 2.45) is 0 Å². The SMILES string of the molecule is C1=CS2(Nc3ccccc3[Se]2)c2ccccc2C1. The van der Waals surface area contributed by atoms with E-state index in [4.69, 9.17) is 0 Å². The van der Waals surface area contributed by atoms with E-state index in [-0.39, 0.29) is 0 Å². The molecule has 0 bridgehead atoms. The zero-order valence-electron chi connectivity index (χ0n) is 9.80. The summed E-state index contributed by atoms with van der Waals surface area (Å²) in [6, 6.07) is 17.7. The molecule has 90 valence electrons. The van der Waals surface area contributed by atoms with Gasteiger partial charge in [-0.2, -0.15) is 0 Å². The van der Waals surface area contributed by atoms with E-state index >= 15 is 0 Å². The number of benzene rings is 2. The van der Waals surface area contributed by atoms with Gasteiger partial charge in [-0.25, -0.2) is 0 Å². The van der Waals surface area contributed by atoms with Gasteiger partial charge in [0, 0.05) is 0 Å². The van der Waals surface area contributed by atoms with E-state index in [0.717, 1.165) is 6.42 Å². The van der Waals surface area contributed by atoms with Crippen LogP contribution in [0.1, 0.15) is 5.56 Å². The first-order valence-corrected chi connectivity index (χ1v) is 10.6. The number of fused-ring (bicyclic) bond motifs is 3. The Balaban J connectivity index is 1.88. The molecule has 1 spiro atoms. The first kappa shape index (κ1) is 10.7. The number of allylic oxidation sites excluding steroid dienone is 1. The maximum atomic E-state index is 3.83. The Morgan fingerprint density at radius 1 is 1.00 bits per heavy atom. The van der Waals surface area contributed by atoms with Gasteiger partial charge in [0.1, 0.15) is 0 Å². The van der Waals surface area contributed by atoms with Crippen molar-refractivity contribution in [3.63, 3.8) is 0 Å². The predicted molar refractivity (Wildman–Crippen MR) is 80.6 cm³/mol. The minimum absolute atomic E-state index is 0.497. The zero-order chi connectivity index (χ0) is 12.0. The quantitative estimate of drug-likeness (QED) is 0.736. The van der Waals surface area contributed by atoms with Gasteiger partial charge in [-0.1, -0.05) is 0 Å². The third-order valence-corrected chi connectivity index (χ3v) is 11.8. The van der Waals surface area contributed by atoms with Gasteiger partial charge in [-0.15, -0.1) is 0 Å². The second-order valence-electron chi connectivity index (χ2n) is 4.47. The minimum atomic E-state index is -0.949. The standard InChI is InChI=1S/C15H13NSSe/c1-3-9-14-12(6-1)7-5-11-17(14)16-13-8-2-4-10-15(13)18-17/h1-6,8-11,16H,7H2. The monoisotopic (exact) mass is 319 g/mol. The van der Waals surface area contributed by atoms with Gasteiger partial charge in [0.15, 0.2) is 0 Å². The molecule has 1 nitrogen and oxygen atoms in total. The van der Waals surface area contributed by atoms with E-state index in [1.807, 2.05) is 0 Å². The van der Waals surface area contributed by atoms with E-state index in [1.54, 1.807) is 4.90 Å². The van der Waals surface area contributed by atoms with Gasteiger partial charge >= 0.3 is 114 Å². The van der Waals surface area contributed by atoms with Crippen molar-refractivity contribution in [3.8, 4) is 0 Å². The van der Waals surface area contributed by atoms with Crippen LogP contribution in [0.25, 0.3) is 0 Å². The number of rotatable bonds is 0. The Kier molecular flexibility index (Phi) is 2.34. The third kappa shape index (κ3) is 1.48. The van der Waals surface area contributed by atoms with Crippen LogP contribution in [0.2, 0.25) is 0 Å². The second kappa shape index (κ2) is 3.92. The Morgan fingerprint density at radius 2 is 1.83 bits per heavy atom. The molecule has 1 atom stereocenters. The van der Waals surface area contributed by atoms with Crippen molar-refractivity contribution >= 4 is 32.6 Å². The molecule has 18 heavy (non-hydrogen) atoms. The second-order valence-corrected chi connectivity index (χ2v) is 12.0. The van der Waals surface area contributed by atoms with Crippen molar-refractivity contribution in [1.29, 1.82) is 0 Å². The molecule has 0 aliphatic carbocycles. The van der Waals surface area contributed by atoms with E-state index in [0.29, 0.717) is 13.8 Å². The molecule has 2 aromatic rings. The Bertz CT molecular complexity index is 625. The molecule has 4 rings (SSSR count). The molecule has 2 heterocycles. The van der Waals surface area contributed by atoms with Crippen LogP contribution in [0, 0.1) is 0 Å². The number of hydrogen-bond acceptors (Lipinski definition) is 1. The molecule has 2 aromatic carbocycles. The summed E-state index contributed by atoms with van der Waals surface area (Å²) in [6.45, 7) is 0. The van der Waals surface area contributed by atoms with E-state index < -0.39 is 8.63 Å². The van der Waals surface area contributed by atoms with Crippen molar-refractivity contribution in [3.05, 3.63) is 65.6 Å². The van der Waals surface area contributed by atoms with Crippen LogP contribution in [0.3, 0.4) is 0 Å². The molecule has 2 aliphatic heterocycles. The van der Waals surface area contributed by atoms with Crippen molar-refractivity contribution in [1.82, 2.24) is 0 Å². The Labute approximate surface area is 114 Å². The fourth-order valence-electron chi connectivity index (χ4n) is 2.46. The van der Waals surface area contributed by atoms with Crippen LogP contribution < -0.4 is 9.18 Å². The van der Waals surface area contributed by atoms with Crippen LogP contribution in [0.4, 0.5) is 5.69 Å². The summed E-state index contributed by atoms with van der Waals surface area (Å²) in [6.07, 6.45) is 3.43. The topological polar surface area (TPSA) is 12.0 Å². The van der Waals surface area contributed by atoms with Crippen LogP contribution in [-0.4, -0.2) is 13.8 Å². The van der Waals surface area contributed by atoms with Crippen molar-refractivity contribution in [2.45, 2.75) is 11.3 Å². The molecule has 0 amide bonds. The fraction of sp³-hybridized carbons (Fsp3) is 0.0667. The molecule has 0 radical (unpaired) electrons. The number of nitrogens with one attached hydrogen (secondary N) is 1. The van der Waals surface area contributed by atoms with Gasteiger partial charge in [0.2, 0.25) is 0 Å². The van der Waals surface area contributed by atoms with Crippen molar-refractivity contribution in [2.75, 3.05) is 4.72 Å². The zero-order valence-corrected chi connectivity index (χ0v) is 12.3. The summed E-state index contributed by atoms with van der Waals surface area (Å²) in [5, 5.41) is 2.45. The van der Waals surface area contributed by atoms with Gasteiger partial charge in [-0.3, -0.25) is 0 Å². The third-order valence-electron chi connectivity index (χ3n) is 3.29. The Morgan fingerprint density at radius 3 is 2.78 bits per heavy atom. The summed E-state index contributed by atoms with van der Waals surface area (Å²) in [7, 11) is -0.949. The summed E-state index contributed by atoms with van der Waals surface area (Å²) >= 11 is 0.497. The summed E-state index contributed by atoms with van der Waals surface area (Å²) < 4.78 is 5.35. The van der Waals surface area contributed by atoms with E-state index in [2.05, 4.69) is 64.7 Å². The van der Waals surface area contributed by atoms with Crippen molar-refractivity contribution < 1.29 is 0 Å². The molecule has 1 N–H and O–H groups in total. The van der Waals surface area contributed by atoms with Gasteiger partial charge in [-0.05, 0) is 0 Å². The molecule has 3 heteroatoms. The average molecular weight is 318 g/mol. The average Bonchev–Trinajstić information content (AvgIpc) is 2.78. The first-order valence-electron chi connectivity index (χ1n) is 6.01. The van der Waals surface area contributed by atoms with Crippen LogP contribution in [0.15, 0.2) is 64.9 Å². The molecular formula is C15H13NSSe. The van der Waals surface area contributed by atoms with Crippen LogP contribution >= 0.6 is 8.63 Å². The molecule has 1 unspecified atom stereocenters. The van der Waals surface area contributed by atoms with Crippen LogP contribution in [0.5, 0.6) is 0 Å². The summed E-state index contributed by atoms with van der Waals surface area (Å²) in [5.41, 5.74) is 2.84. The fourth-order valence-corrected chi connectivity index (χ4v) is 11.6. The molecule has 0 saturated heterocycles. The summed E-state index contributed by atoms with van der Waals surface area (Å²) in [4.78, 5) is 1.55. The van der Waals surface area contributed by atoms with Gasteiger partial charge in [0.05, 0.1) is 0 Å². The molecule has 0 fully saturated rings. The van der Waals surface area contributed by atoms with E-state index in [9.17, 15) is 0 Å². The molecule has 2 aliphatic rings. The molecule has 0 aromatic heterocycles. The first-order chi connectivity index (χ1) is 8.87. The van der Waals surface area contributed by atoms with E-state index in [1.165, 1.54) is 15.7 Å². The van der Waals surface area contributed by atoms with Gasteiger partial charge < -0.3 is 0 Å². The molecule has 0 saturated carbocycles. The molecular weight excluding hydrogens is 305 g/mol. The van der Waals surface area contributed by atoms with Gasteiger partial charge in [0.25, 0.3) is 0 Å². The number of para-hydroxylation sites is 1. The number of hydrogen-bond donors (Lipinski definition) is 1. The normalized spacial score (nSPS) is 27.1. The van der Waals surface area contributed by atoms with Crippen LogP contribution in [-0.2, 0) is 6.42 Å².